The van der Waals surface area contributed by atoms with Crippen molar-refractivity contribution in [1.29, 1.82) is 0 Å². The van der Waals surface area contributed by atoms with Crippen LogP contribution >= 0.6 is 0 Å². The van der Waals surface area contributed by atoms with Gasteiger partial charge in [-0.25, -0.2) is 4.98 Å². The molecule has 0 aromatic carbocycles. The molecule has 0 amide bonds. The third kappa shape index (κ3) is 2.61. The highest BCUT2D eigenvalue weighted by atomic mass is 16.5. The van der Waals surface area contributed by atoms with Gasteiger partial charge >= 0.3 is 0 Å². The van der Waals surface area contributed by atoms with Crippen LogP contribution in [-0.2, 0) is 0 Å². The van der Waals surface area contributed by atoms with Crippen LogP contribution in [0.5, 0.6) is 11.6 Å². The second-order valence-electron chi connectivity index (χ2n) is 2.81. The summed E-state index contributed by atoms with van der Waals surface area (Å²) in [5, 5.41) is 0. The van der Waals surface area contributed by atoms with Gasteiger partial charge in [-0.05, 0) is 25.5 Å². The van der Waals surface area contributed by atoms with Crippen molar-refractivity contribution in [3.63, 3.8) is 0 Å². The molecule has 0 saturated carbocycles. The molecule has 1 aromatic heterocycles. The van der Waals surface area contributed by atoms with Gasteiger partial charge in [0.15, 0.2) is 5.75 Å². The predicted octanol–water partition coefficient (Wildman–Crippen LogP) is 2.19. The summed E-state index contributed by atoms with van der Waals surface area (Å²) in [5.74, 6) is 1.28. The average Bonchev–Trinajstić information content (AvgIpc) is 2.16. The van der Waals surface area contributed by atoms with Crippen LogP contribution < -0.4 is 9.47 Å². The number of ether oxygens (including phenoxy) is 2. The summed E-state index contributed by atoms with van der Waals surface area (Å²) in [6, 6.07) is 3.80. The molecule has 1 aromatic rings. The molecule has 0 N–H and O–H groups in total. The number of hydrogen-bond donors (Lipinski definition) is 0. The topological polar surface area (TPSA) is 31.4 Å². The van der Waals surface area contributed by atoms with E-state index in [0.717, 1.165) is 17.9 Å². The molecule has 0 bridgehead atoms. The van der Waals surface area contributed by atoms with Gasteiger partial charge in [-0.3, -0.25) is 0 Å². The van der Waals surface area contributed by atoms with Gasteiger partial charge in [0, 0.05) is 5.69 Å². The highest BCUT2D eigenvalue weighted by Gasteiger charge is 2.04. The van der Waals surface area contributed by atoms with E-state index >= 15 is 0 Å². The zero-order valence-corrected chi connectivity index (χ0v) is 8.33. The van der Waals surface area contributed by atoms with Gasteiger partial charge in [-0.15, -0.1) is 0 Å². The van der Waals surface area contributed by atoms with Crippen LogP contribution in [0.2, 0.25) is 0 Å². The molecule has 0 saturated heterocycles. The number of nitrogens with zero attached hydrogens (tertiary/aromatic N) is 1. The smallest absolute Gasteiger partial charge is 0.256 e. The minimum atomic E-state index is 0.563. The molecule has 0 radical (unpaired) electrons. The molecule has 0 spiro atoms. The Kier molecular flexibility index (Phi) is 3.55. The van der Waals surface area contributed by atoms with Crippen LogP contribution in [0.3, 0.4) is 0 Å². The normalized spacial score (nSPS) is 9.77. The van der Waals surface area contributed by atoms with Crippen molar-refractivity contribution in [2.75, 3.05) is 13.7 Å². The van der Waals surface area contributed by atoms with Crippen LogP contribution in [0.1, 0.15) is 19.0 Å². The monoisotopic (exact) mass is 181 g/mol. The van der Waals surface area contributed by atoms with Crippen molar-refractivity contribution in [2.45, 2.75) is 20.3 Å². The number of aryl methyl sites for hydroxylation is 1. The van der Waals surface area contributed by atoms with E-state index in [0.29, 0.717) is 12.5 Å². The molecule has 0 fully saturated rings. The van der Waals surface area contributed by atoms with E-state index in [9.17, 15) is 0 Å². The van der Waals surface area contributed by atoms with Crippen molar-refractivity contribution in [3.8, 4) is 11.6 Å². The van der Waals surface area contributed by atoms with Gasteiger partial charge in [0.1, 0.15) is 0 Å². The number of methoxy groups -OCH3 is 1. The summed E-state index contributed by atoms with van der Waals surface area (Å²) in [7, 11) is 1.60. The molecule has 0 unspecified atom stereocenters. The molecule has 0 aliphatic heterocycles. The van der Waals surface area contributed by atoms with E-state index in [4.69, 9.17) is 9.47 Å². The van der Waals surface area contributed by atoms with Crippen LogP contribution in [0.25, 0.3) is 0 Å². The van der Waals surface area contributed by atoms with Gasteiger partial charge < -0.3 is 9.47 Å². The lowest BCUT2D eigenvalue weighted by atomic mass is 10.3. The largest absolute Gasteiger partial charge is 0.488 e. The SMILES string of the molecule is CCCOc1ccc(C)nc1OC. The first-order valence-electron chi connectivity index (χ1n) is 4.42. The lowest BCUT2D eigenvalue weighted by Crippen LogP contribution is -1.99. The summed E-state index contributed by atoms with van der Waals surface area (Å²) < 4.78 is 10.5. The minimum absolute atomic E-state index is 0.563. The number of pyridine rings is 1. The Balaban J connectivity index is 2.79. The summed E-state index contributed by atoms with van der Waals surface area (Å²) in [4.78, 5) is 4.20. The van der Waals surface area contributed by atoms with Crippen molar-refractivity contribution >= 4 is 0 Å². The first-order chi connectivity index (χ1) is 6.27. The van der Waals surface area contributed by atoms with E-state index in [1.807, 2.05) is 19.1 Å². The van der Waals surface area contributed by atoms with Crippen LogP contribution in [-0.4, -0.2) is 18.7 Å². The number of rotatable bonds is 4. The zero-order valence-electron chi connectivity index (χ0n) is 8.33. The second kappa shape index (κ2) is 4.70. The molecule has 13 heavy (non-hydrogen) atoms. The van der Waals surface area contributed by atoms with Crippen LogP contribution in [0.15, 0.2) is 12.1 Å². The third-order valence-electron chi connectivity index (χ3n) is 1.62. The zero-order chi connectivity index (χ0) is 9.68. The van der Waals surface area contributed by atoms with Crippen LogP contribution in [0.4, 0.5) is 0 Å². The summed E-state index contributed by atoms with van der Waals surface area (Å²) in [6.07, 6.45) is 0.983. The fraction of sp³-hybridized carbons (Fsp3) is 0.500. The first-order valence-corrected chi connectivity index (χ1v) is 4.42. The minimum Gasteiger partial charge on any atom is -0.488 e. The van der Waals surface area contributed by atoms with Crippen LogP contribution in [0, 0.1) is 6.92 Å². The van der Waals surface area contributed by atoms with Gasteiger partial charge in [-0.2, -0.15) is 0 Å². The maximum absolute atomic E-state index is 5.44. The molecular formula is C10H15NO2. The van der Waals surface area contributed by atoms with Gasteiger partial charge in [0.05, 0.1) is 13.7 Å². The van der Waals surface area contributed by atoms with Gasteiger partial charge in [-0.1, -0.05) is 6.92 Å². The Hall–Kier alpha value is -1.25. The quantitative estimate of drug-likeness (QED) is 0.713. The standard InChI is InChI=1S/C10H15NO2/c1-4-7-13-9-6-5-8(2)11-10(9)12-3/h5-6H,4,7H2,1-3H3. The Morgan fingerprint density at radius 2 is 2.15 bits per heavy atom. The molecule has 0 aliphatic carbocycles. The average molecular weight is 181 g/mol. The third-order valence-corrected chi connectivity index (χ3v) is 1.62. The van der Waals surface area contributed by atoms with E-state index in [-0.39, 0.29) is 0 Å². The maximum Gasteiger partial charge on any atom is 0.256 e. The van der Waals surface area contributed by atoms with Crippen molar-refractivity contribution < 1.29 is 9.47 Å². The van der Waals surface area contributed by atoms with Crippen molar-refractivity contribution in [3.05, 3.63) is 17.8 Å². The summed E-state index contributed by atoms with van der Waals surface area (Å²) in [6.45, 7) is 4.68. The fourth-order valence-corrected chi connectivity index (χ4v) is 0.988. The lowest BCUT2D eigenvalue weighted by molar-refractivity contribution is 0.288. The van der Waals surface area contributed by atoms with E-state index in [1.165, 1.54) is 0 Å². The second-order valence-corrected chi connectivity index (χ2v) is 2.81. The lowest BCUT2D eigenvalue weighted by Gasteiger charge is -2.08. The Morgan fingerprint density at radius 3 is 2.77 bits per heavy atom. The van der Waals surface area contributed by atoms with E-state index in [2.05, 4.69) is 11.9 Å². The highest BCUT2D eigenvalue weighted by molar-refractivity contribution is 5.34. The summed E-state index contributed by atoms with van der Waals surface area (Å²) in [5.41, 5.74) is 0.931. The maximum atomic E-state index is 5.44. The summed E-state index contributed by atoms with van der Waals surface area (Å²) >= 11 is 0. The van der Waals surface area contributed by atoms with Gasteiger partial charge in [0.25, 0.3) is 5.88 Å². The fourth-order valence-electron chi connectivity index (χ4n) is 0.988. The Bertz CT molecular complexity index is 274. The number of aromatic nitrogens is 1. The van der Waals surface area contributed by atoms with Crippen molar-refractivity contribution in [2.24, 2.45) is 0 Å². The molecule has 72 valence electrons. The highest BCUT2D eigenvalue weighted by Crippen LogP contribution is 2.24. The van der Waals surface area contributed by atoms with E-state index in [1.54, 1.807) is 7.11 Å². The van der Waals surface area contributed by atoms with E-state index < -0.39 is 0 Å². The molecule has 1 heterocycles. The van der Waals surface area contributed by atoms with Gasteiger partial charge in [0.2, 0.25) is 0 Å². The Labute approximate surface area is 78.7 Å². The molecule has 1 rings (SSSR count). The molecule has 0 aliphatic rings. The number of hydrogen-bond acceptors (Lipinski definition) is 3. The molecule has 3 nitrogen and oxygen atoms in total. The Morgan fingerprint density at radius 1 is 1.38 bits per heavy atom. The molecule has 0 atom stereocenters. The first kappa shape index (κ1) is 9.84. The predicted molar refractivity (Wildman–Crippen MR) is 51.3 cm³/mol. The molecular weight excluding hydrogens is 166 g/mol. The van der Waals surface area contributed by atoms with Crippen molar-refractivity contribution in [1.82, 2.24) is 4.98 Å². The molecule has 3 heteroatoms.